The van der Waals surface area contributed by atoms with E-state index < -0.39 is 5.97 Å². The molecule has 0 atom stereocenters. The van der Waals surface area contributed by atoms with Crippen molar-refractivity contribution in [1.29, 1.82) is 5.26 Å². The maximum Gasteiger partial charge on any atom is 0.346 e. The average molecular weight is 206 g/mol. The lowest BCUT2D eigenvalue weighted by molar-refractivity contribution is -0.132. The predicted octanol–water partition coefficient (Wildman–Crippen LogP) is 1.52. The molecule has 1 heterocycles. The summed E-state index contributed by atoms with van der Waals surface area (Å²) in [5.41, 5.74) is -0.233. The molecule has 4 heteroatoms. The Balaban J connectivity index is 2.50. The van der Waals surface area contributed by atoms with Crippen LogP contribution >= 0.6 is 0 Å². The minimum atomic E-state index is -1.18. The Bertz CT molecular complexity index is 320. The van der Waals surface area contributed by atoms with Gasteiger partial charge in [0.15, 0.2) is 0 Å². The second kappa shape index (κ2) is 5.86. The second-order valence-corrected chi connectivity index (χ2v) is 3.44. The summed E-state index contributed by atoms with van der Waals surface area (Å²) in [6, 6.07) is 1.63. The van der Waals surface area contributed by atoms with Crippen LogP contribution in [0.5, 0.6) is 0 Å². The quantitative estimate of drug-likeness (QED) is 0.432. The first kappa shape index (κ1) is 11.3. The number of nitrogens with zero attached hydrogens (tertiary/aromatic N) is 2. The maximum absolute atomic E-state index is 10.5. The number of hydrogen-bond acceptors (Lipinski definition) is 3. The molecule has 0 spiro atoms. The molecule has 15 heavy (non-hydrogen) atoms. The van der Waals surface area contributed by atoms with Gasteiger partial charge in [0.25, 0.3) is 0 Å². The van der Waals surface area contributed by atoms with Crippen LogP contribution in [0.4, 0.5) is 0 Å². The van der Waals surface area contributed by atoms with Gasteiger partial charge in [-0.25, -0.2) is 4.79 Å². The van der Waals surface area contributed by atoms with Gasteiger partial charge >= 0.3 is 5.97 Å². The monoisotopic (exact) mass is 206 g/mol. The number of allylic oxidation sites excluding steroid dienone is 2. The largest absolute Gasteiger partial charge is 0.477 e. The van der Waals surface area contributed by atoms with Crippen LogP contribution in [0.25, 0.3) is 0 Å². The molecule has 1 N–H and O–H groups in total. The van der Waals surface area contributed by atoms with Gasteiger partial charge in [0.1, 0.15) is 11.6 Å². The minimum absolute atomic E-state index is 0.233. The third-order valence-electron chi connectivity index (χ3n) is 2.30. The molecular formula is C11H14N2O2. The molecule has 4 nitrogen and oxygen atoms in total. The number of likely N-dealkylation sites (tertiary alicyclic amines) is 1. The fourth-order valence-corrected chi connectivity index (χ4v) is 1.48. The molecule has 0 bridgehead atoms. The Morgan fingerprint density at radius 3 is 2.53 bits per heavy atom. The predicted molar refractivity (Wildman–Crippen MR) is 55.9 cm³/mol. The number of aliphatic carboxylic acids is 1. The number of hydrogen-bond donors (Lipinski definition) is 1. The van der Waals surface area contributed by atoms with Crippen molar-refractivity contribution in [2.45, 2.75) is 19.3 Å². The van der Waals surface area contributed by atoms with E-state index in [1.54, 1.807) is 12.1 Å². The number of rotatable bonds is 3. The van der Waals surface area contributed by atoms with Crippen molar-refractivity contribution in [1.82, 2.24) is 4.90 Å². The van der Waals surface area contributed by atoms with Gasteiger partial charge in [-0.3, -0.25) is 0 Å². The lowest BCUT2D eigenvalue weighted by atomic mass is 10.1. The number of carboxylic acid groups (broad SMARTS) is 1. The first-order chi connectivity index (χ1) is 7.24. The first-order valence-electron chi connectivity index (χ1n) is 5.00. The lowest BCUT2D eigenvalue weighted by Crippen LogP contribution is -2.23. The molecule has 1 fully saturated rings. The molecular weight excluding hydrogens is 192 g/mol. The molecule has 80 valence electrons. The van der Waals surface area contributed by atoms with E-state index >= 15 is 0 Å². The maximum atomic E-state index is 10.5. The molecule has 1 saturated heterocycles. The summed E-state index contributed by atoms with van der Waals surface area (Å²) in [5, 5.41) is 17.1. The van der Waals surface area contributed by atoms with Crippen LogP contribution in [-0.2, 0) is 4.79 Å². The van der Waals surface area contributed by atoms with Crippen molar-refractivity contribution in [3.05, 3.63) is 23.9 Å². The number of carbonyl (C=O) groups is 1. The highest BCUT2D eigenvalue weighted by atomic mass is 16.4. The van der Waals surface area contributed by atoms with Crippen LogP contribution in [-0.4, -0.2) is 29.1 Å². The summed E-state index contributed by atoms with van der Waals surface area (Å²) < 4.78 is 0. The summed E-state index contributed by atoms with van der Waals surface area (Å²) in [6.45, 7) is 2.03. The standard InChI is InChI=1S/C11H14N2O2/c12-9-10(11(14)15)5-4-8-13-6-2-1-3-7-13/h4-5,8H,1-3,6-7H2,(H,14,15). The molecule has 0 aromatic carbocycles. The van der Waals surface area contributed by atoms with Crippen LogP contribution in [0.1, 0.15) is 19.3 Å². The van der Waals surface area contributed by atoms with Gasteiger partial charge in [0, 0.05) is 13.1 Å². The summed E-state index contributed by atoms with van der Waals surface area (Å²) in [6.07, 6.45) is 8.42. The van der Waals surface area contributed by atoms with Crippen molar-refractivity contribution in [3.63, 3.8) is 0 Å². The fraction of sp³-hybridized carbons (Fsp3) is 0.455. The van der Waals surface area contributed by atoms with Gasteiger partial charge in [-0.15, -0.1) is 0 Å². The van der Waals surface area contributed by atoms with Gasteiger partial charge < -0.3 is 10.0 Å². The highest BCUT2D eigenvalue weighted by Crippen LogP contribution is 2.08. The molecule has 0 aromatic heterocycles. The summed E-state index contributed by atoms with van der Waals surface area (Å²) in [4.78, 5) is 12.6. The Hall–Kier alpha value is -1.76. The molecule has 0 saturated carbocycles. The Labute approximate surface area is 89.1 Å². The lowest BCUT2D eigenvalue weighted by Gasteiger charge is -2.24. The van der Waals surface area contributed by atoms with Crippen LogP contribution in [0.3, 0.4) is 0 Å². The van der Waals surface area contributed by atoms with Crippen LogP contribution in [0.15, 0.2) is 23.9 Å². The van der Waals surface area contributed by atoms with E-state index in [2.05, 4.69) is 4.90 Å². The van der Waals surface area contributed by atoms with E-state index in [1.807, 2.05) is 6.20 Å². The van der Waals surface area contributed by atoms with E-state index in [1.165, 1.54) is 25.3 Å². The van der Waals surface area contributed by atoms with Gasteiger partial charge in [-0.05, 0) is 37.6 Å². The van der Waals surface area contributed by atoms with Crippen LogP contribution in [0.2, 0.25) is 0 Å². The normalized spacial score (nSPS) is 17.8. The highest BCUT2D eigenvalue weighted by molar-refractivity contribution is 5.91. The number of nitriles is 1. The molecule has 1 aliphatic rings. The topological polar surface area (TPSA) is 64.3 Å². The molecule has 0 unspecified atom stereocenters. The van der Waals surface area contributed by atoms with Crippen molar-refractivity contribution < 1.29 is 9.90 Å². The number of carboxylic acids is 1. The van der Waals surface area contributed by atoms with Crippen LogP contribution < -0.4 is 0 Å². The first-order valence-corrected chi connectivity index (χ1v) is 5.00. The van der Waals surface area contributed by atoms with E-state index in [0.717, 1.165) is 13.1 Å². The zero-order valence-electron chi connectivity index (χ0n) is 8.52. The van der Waals surface area contributed by atoms with Gasteiger partial charge in [-0.2, -0.15) is 5.26 Å². The van der Waals surface area contributed by atoms with Crippen molar-refractivity contribution >= 4 is 5.97 Å². The number of piperidine rings is 1. The SMILES string of the molecule is N#CC(=CC=CN1CCCCC1)C(=O)O. The van der Waals surface area contributed by atoms with E-state index in [4.69, 9.17) is 10.4 Å². The molecule has 1 rings (SSSR count). The fourth-order valence-electron chi connectivity index (χ4n) is 1.48. The van der Waals surface area contributed by atoms with E-state index in [0.29, 0.717) is 0 Å². The van der Waals surface area contributed by atoms with Crippen molar-refractivity contribution in [2.75, 3.05) is 13.1 Å². The Morgan fingerprint density at radius 2 is 2.00 bits per heavy atom. The van der Waals surface area contributed by atoms with Crippen molar-refractivity contribution in [2.24, 2.45) is 0 Å². The smallest absolute Gasteiger partial charge is 0.346 e. The second-order valence-electron chi connectivity index (χ2n) is 3.44. The zero-order valence-corrected chi connectivity index (χ0v) is 8.52. The third kappa shape index (κ3) is 3.86. The zero-order chi connectivity index (χ0) is 11.1. The van der Waals surface area contributed by atoms with Crippen molar-refractivity contribution in [3.8, 4) is 6.07 Å². The highest BCUT2D eigenvalue weighted by Gasteiger charge is 2.05. The van der Waals surface area contributed by atoms with E-state index in [-0.39, 0.29) is 5.57 Å². The summed E-state index contributed by atoms with van der Waals surface area (Å²) in [7, 11) is 0. The summed E-state index contributed by atoms with van der Waals surface area (Å²) >= 11 is 0. The average Bonchev–Trinajstić information content (AvgIpc) is 2.25. The Kier molecular flexibility index (Phi) is 4.42. The van der Waals surface area contributed by atoms with Gasteiger partial charge in [0.05, 0.1) is 0 Å². The molecule has 0 aromatic rings. The van der Waals surface area contributed by atoms with Gasteiger partial charge in [-0.1, -0.05) is 0 Å². The minimum Gasteiger partial charge on any atom is -0.477 e. The van der Waals surface area contributed by atoms with Gasteiger partial charge in [0.2, 0.25) is 0 Å². The van der Waals surface area contributed by atoms with Crippen LogP contribution in [0, 0.1) is 11.3 Å². The molecule has 0 radical (unpaired) electrons. The Morgan fingerprint density at radius 1 is 1.33 bits per heavy atom. The van der Waals surface area contributed by atoms with E-state index in [9.17, 15) is 4.79 Å². The molecule has 1 aliphatic heterocycles. The third-order valence-corrected chi connectivity index (χ3v) is 2.30. The molecule has 0 amide bonds. The molecule has 0 aliphatic carbocycles. The summed E-state index contributed by atoms with van der Waals surface area (Å²) in [5.74, 6) is -1.18.